The van der Waals surface area contributed by atoms with Gasteiger partial charge in [0.25, 0.3) is 0 Å². The van der Waals surface area contributed by atoms with Crippen LogP contribution in [0.15, 0.2) is 109 Å². The second kappa shape index (κ2) is 9.24. The van der Waals surface area contributed by atoms with Gasteiger partial charge in [0.15, 0.2) is 17.3 Å². The minimum atomic E-state index is -1.53. The number of benzene rings is 4. The molecular formula is C35H25NO5. The number of carbonyl (C=O) groups excluding carboxylic acids is 4. The summed E-state index contributed by atoms with van der Waals surface area (Å²) >= 11 is 0. The first kappa shape index (κ1) is 24.9. The summed E-state index contributed by atoms with van der Waals surface area (Å²) in [5, 5.41) is 0. The number of ether oxygens (including phenoxy) is 1. The number of ketones is 3. The van der Waals surface area contributed by atoms with Crippen molar-refractivity contribution in [1.29, 1.82) is 0 Å². The highest BCUT2D eigenvalue weighted by molar-refractivity contribution is 6.32. The standard InChI is InChI=1S/C35H25NO5/c1-21(37)41-25-18-15-24(16-19-25)32(38)31-30(23-10-3-2-4-11-23)35(33(39)26-12-6-7-13-27(26)34(35)40)29-20-17-22-9-5-8-14-28(22)36(29)31/h2-20,29-31H,1H3/t29-,30-,31+/m1/s1. The van der Waals surface area contributed by atoms with Gasteiger partial charge in [-0.05, 0) is 41.5 Å². The van der Waals surface area contributed by atoms with Gasteiger partial charge in [0.1, 0.15) is 17.2 Å². The normalized spacial score (nSPS) is 21.4. The van der Waals surface area contributed by atoms with E-state index in [4.69, 9.17) is 4.74 Å². The molecule has 0 unspecified atom stereocenters. The van der Waals surface area contributed by atoms with E-state index in [1.165, 1.54) is 6.92 Å². The Kier molecular flexibility index (Phi) is 5.61. The van der Waals surface area contributed by atoms with Crippen LogP contribution in [0.1, 0.15) is 55.0 Å². The van der Waals surface area contributed by atoms with Crippen LogP contribution in [0.25, 0.3) is 6.08 Å². The number of para-hydroxylation sites is 1. The van der Waals surface area contributed by atoms with Crippen LogP contribution in [0.2, 0.25) is 0 Å². The average Bonchev–Trinajstić information content (AvgIpc) is 3.43. The molecule has 1 saturated heterocycles. The number of anilines is 1. The molecule has 1 fully saturated rings. The molecule has 2 aliphatic heterocycles. The lowest BCUT2D eigenvalue weighted by molar-refractivity contribution is -0.131. The Balaban J connectivity index is 1.48. The van der Waals surface area contributed by atoms with E-state index < -0.39 is 29.4 Å². The van der Waals surface area contributed by atoms with Crippen LogP contribution in [-0.2, 0) is 4.79 Å². The Morgan fingerprint density at radius 3 is 2.02 bits per heavy atom. The maximum atomic E-state index is 14.7. The second-order valence-corrected chi connectivity index (χ2v) is 10.7. The quantitative estimate of drug-likeness (QED) is 0.138. The fourth-order valence-electron chi connectivity index (χ4n) is 6.97. The molecule has 6 nitrogen and oxygen atoms in total. The molecule has 3 atom stereocenters. The number of hydrogen-bond donors (Lipinski definition) is 0. The molecule has 6 heteroatoms. The lowest BCUT2D eigenvalue weighted by Crippen LogP contribution is -2.48. The van der Waals surface area contributed by atoms with Crippen LogP contribution in [0.4, 0.5) is 5.69 Å². The predicted octanol–water partition coefficient (Wildman–Crippen LogP) is 5.93. The number of rotatable bonds is 4. The lowest BCUT2D eigenvalue weighted by Gasteiger charge is -2.37. The summed E-state index contributed by atoms with van der Waals surface area (Å²) in [6.07, 6.45) is 3.86. The van der Waals surface area contributed by atoms with E-state index in [1.807, 2.05) is 71.6 Å². The second-order valence-electron chi connectivity index (χ2n) is 10.7. The summed E-state index contributed by atoms with van der Waals surface area (Å²) in [7, 11) is 0. The van der Waals surface area contributed by atoms with Gasteiger partial charge in [-0.3, -0.25) is 19.2 Å². The van der Waals surface area contributed by atoms with E-state index in [9.17, 15) is 19.2 Å². The molecule has 41 heavy (non-hydrogen) atoms. The Hall–Kier alpha value is -5.10. The van der Waals surface area contributed by atoms with Crippen LogP contribution in [-0.4, -0.2) is 35.4 Å². The Morgan fingerprint density at radius 2 is 1.37 bits per heavy atom. The first-order valence-corrected chi connectivity index (χ1v) is 13.5. The monoisotopic (exact) mass is 539 g/mol. The van der Waals surface area contributed by atoms with Crippen LogP contribution in [0.5, 0.6) is 5.75 Å². The summed E-state index contributed by atoms with van der Waals surface area (Å²) in [6, 6.07) is 29.0. The Morgan fingerprint density at radius 1 is 0.756 bits per heavy atom. The predicted molar refractivity (Wildman–Crippen MR) is 154 cm³/mol. The lowest BCUT2D eigenvalue weighted by atomic mass is 9.64. The van der Waals surface area contributed by atoms with Gasteiger partial charge < -0.3 is 9.64 Å². The highest BCUT2D eigenvalue weighted by Gasteiger charge is 2.71. The van der Waals surface area contributed by atoms with Crippen molar-refractivity contribution in [1.82, 2.24) is 0 Å². The van der Waals surface area contributed by atoms with Crippen LogP contribution < -0.4 is 9.64 Å². The minimum absolute atomic E-state index is 0.225. The van der Waals surface area contributed by atoms with Gasteiger partial charge in [0.2, 0.25) is 0 Å². The SMILES string of the molecule is CC(=O)Oc1ccc(C(=O)[C@@H]2[C@@H](c3ccccc3)C3(C(=O)c4ccccc4C3=O)[C@H]3C=Cc4ccccc4N23)cc1. The average molecular weight is 540 g/mol. The van der Waals surface area contributed by atoms with Crippen molar-refractivity contribution >= 4 is 35.1 Å². The molecule has 0 N–H and O–H groups in total. The molecule has 7 rings (SSSR count). The molecule has 0 saturated carbocycles. The van der Waals surface area contributed by atoms with Gasteiger partial charge in [-0.2, -0.15) is 0 Å². The van der Waals surface area contributed by atoms with Crippen molar-refractivity contribution in [3.05, 3.63) is 137 Å². The molecule has 4 aromatic carbocycles. The molecule has 3 aliphatic rings. The van der Waals surface area contributed by atoms with Crippen LogP contribution >= 0.6 is 0 Å². The summed E-state index contributed by atoms with van der Waals surface area (Å²) in [6.45, 7) is 1.32. The first-order valence-electron chi connectivity index (χ1n) is 13.5. The van der Waals surface area contributed by atoms with Crippen LogP contribution in [0.3, 0.4) is 0 Å². The smallest absolute Gasteiger partial charge is 0.308 e. The minimum Gasteiger partial charge on any atom is -0.427 e. The van der Waals surface area contributed by atoms with Crippen molar-refractivity contribution in [2.45, 2.75) is 24.9 Å². The van der Waals surface area contributed by atoms with Crippen molar-refractivity contribution in [3.63, 3.8) is 0 Å². The molecule has 200 valence electrons. The zero-order valence-electron chi connectivity index (χ0n) is 22.2. The van der Waals surface area contributed by atoms with Gasteiger partial charge in [0.05, 0.1) is 6.04 Å². The largest absolute Gasteiger partial charge is 0.427 e. The van der Waals surface area contributed by atoms with E-state index in [-0.39, 0.29) is 17.3 Å². The molecule has 0 bridgehead atoms. The zero-order valence-corrected chi connectivity index (χ0v) is 22.2. The number of hydrogen-bond acceptors (Lipinski definition) is 6. The fraction of sp³-hybridized carbons (Fsp3) is 0.143. The highest BCUT2D eigenvalue weighted by Crippen LogP contribution is 2.60. The van der Waals surface area contributed by atoms with Crippen molar-refractivity contribution in [2.24, 2.45) is 5.41 Å². The molecule has 4 aromatic rings. The molecule has 0 radical (unpaired) electrons. The van der Waals surface area contributed by atoms with Crippen LogP contribution in [0, 0.1) is 5.41 Å². The van der Waals surface area contributed by atoms with E-state index in [0.29, 0.717) is 22.4 Å². The summed E-state index contributed by atoms with van der Waals surface area (Å²) in [5.74, 6) is -1.63. The molecule has 0 amide bonds. The number of Topliss-reactive ketones (excluding diaryl/α,β-unsaturated/α-hetero) is 3. The third-order valence-electron chi connectivity index (χ3n) is 8.54. The molecule has 1 spiro atoms. The molecule has 1 aliphatic carbocycles. The number of esters is 1. The summed E-state index contributed by atoms with van der Waals surface area (Å²) in [5.41, 5.74) is 2.10. The maximum Gasteiger partial charge on any atom is 0.308 e. The first-order chi connectivity index (χ1) is 19.9. The van der Waals surface area contributed by atoms with E-state index in [0.717, 1.165) is 16.8 Å². The molecular weight excluding hydrogens is 514 g/mol. The summed E-state index contributed by atoms with van der Waals surface area (Å²) in [4.78, 5) is 57.3. The van der Waals surface area contributed by atoms with Crippen molar-refractivity contribution in [3.8, 4) is 5.75 Å². The van der Waals surface area contributed by atoms with Gasteiger partial charge in [-0.25, -0.2) is 0 Å². The fourth-order valence-corrected chi connectivity index (χ4v) is 6.97. The Labute approximate surface area is 236 Å². The van der Waals surface area contributed by atoms with E-state index >= 15 is 0 Å². The zero-order chi connectivity index (χ0) is 28.3. The highest BCUT2D eigenvalue weighted by atomic mass is 16.5. The van der Waals surface area contributed by atoms with Gasteiger partial charge in [0, 0.05) is 35.2 Å². The third-order valence-corrected chi connectivity index (χ3v) is 8.54. The third kappa shape index (κ3) is 3.50. The number of carbonyl (C=O) groups is 4. The molecule has 0 aromatic heterocycles. The Bertz CT molecular complexity index is 1740. The van der Waals surface area contributed by atoms with E-state index in [1.54, 1.807) is 48.5 Å². The van der Waals surface area contributed by atoms with Gasteiger partial charge in [-0.1, -0.05) is 84.9 Å². The number of nitrogens with zero attached hydrogens (tertiary/aromatic N) is 1. The van der Waals surface area contributed by atoms with Crippen molar-refractivity contribution < 1.29 is 23.9 Å². The van der Waals surface area contributed by atoms with Crippen molar-refractivity contribution in [2.75, 3.05) is 4.90 Å². The summed E-state index contributed by atoms with van der Waals surface area (Å²) < 4.78 is 5.18. The topological polar surface area (TPSA) is 80.8 Å². The molecule has 2 heterocycles. The van der Waals surface area contributed by atoms with Gasteiger partial charge in [-0.15, -0.1) is 0 Å². The number of fused-ring (bicyclic) bond motifs is 5. The van der Waals surface area contributed by atoms with Gasteiger partial charge >= 0.3 is 5.97 Å². The maximum absolute atomic E-state index is 14.7. The van der Waals surface area contributed by atoms with E-state index in [2.05, 4.69) is 0 Å².